The minimum absolute atomic E-state index is 0.109. The van der Waals surface area contributed by atoms with Crippen LogP contribution in [0.25, 0.3) is 0 Å². The van der Waals surface area contributed by atoms with Gasteiger partial charge in [-0.1, -0.05) is 30.3 Å². The Hall–Kier alpha value is -3.67. The highest BCUT2D eigenvalue weighted by Gasteiger charge is 2.07. The Balaban J connectivity index is 1.51. The molecule has 0 saturated heterocycles. The molecule has 3 rings (SSSR count). The highest BCUT2D eigenvalue weighted by Crippen LogP contribution is 2.18. The van der Waals surface area contributed by atoms with Crippen molar-refractivity contribution in [2.45, 2.75) is 13.3 Å². The molecule has 6 nitrogen and oxygen atoms in total. The molecule has 6 heteroatoms. The first kappa shape index (κ1) is 19.1. The number of carbonyl (C=O) groups is 2. The molecule has 0 saturated carbocycles. The number of anilines is 3. The largest absolute Gasteiger partial charge is 0.354 e. The Kier molecular flexibility index (Phi) is 6.36. The molecule has 3 N–H and O–H groups in total. The Bertz CT molecular complexity index is 923. The number of nitrogens with one attached hydrogen (secondary N) is 3. The zero-order valence-corrected chi connectivity index (χ0v) is 15.6. The number of aromatic nitrogens is 1. The van der Waals surface area contributed by atoms with Crippen LogP contribution in [0.4, 0.5) is 17.1 Å². The van der Waals surface area contributed by atoms with Gasteiger partial charge in [0, 0.05) is 24.8 Å². The average Bonchev–Trinajstić information content (AvgIpc) is 2.70. The molecule has 0 unspecified atom stereocenters. The first-order chi connectivity index (χ1) is 13.6. The molecule has 0 atom stereocenters. The van der Waals surface area contributed by atoms with Gasteiger partial charge in [-0.3, -0.25) is 9.59 Å². The summed E-state index contributed by atoms with van der Waals surface area (Å²) >= 11 is 0. The lowest BCUT2D eigenvalue weighted by molar-refractivity contribution is -0.114. The standard InChI is InChI=1S/C22H22N4O2/c1-16(27)25-18-7-9-19(10-8-18)26-20-11-12-21(24-15-20)22(28)23-14-13-17-5-3-2-4-6-17/h2-12,15,26H,13-14H2,1H3,(H,23,28)(H,25,27). The summed E-state index contributed by atoms with van der Waals surface area (Å²) in [6, 6.07) is 20.8. The number of carbonyl (C=O) groups excluding carboxylic acids is 2. The minimum atomic E-state index is -0.192. The number of pyridine rings is 1. The van der Waals surface area contributed by atoms with Crippen molar-refractivity contribution >= 4 is 28.9 Å². The van der Waals surface area contributed by atoms with Crippen molar-refractivity contribution in [1.82, 2.24) is 10.3 Å². The second kappa shape index (κ2) is 9.32. The van der Waals surface area contributed by atoms with Crippen LogP contribution < -0.4 is 16.0 Å². The molecular formula is C22H22N4O2. The summed E-state index contributed by atoms with van der Waals surface area (Å²) in [5, 5.41) is 8.81. The SMILES string of the molecule is CC(=O)Nc1ccc(Nc2ccc(C(=O)NCCc3ccccc3)nc2)cc1. The minimum Gasteiger partial charge on any atom is -0.354 e. The van der Waals surface area contributed by atoms with Crippen LogP contribution in [0.1, 0.15) is 23.0 Å². The highest BCUT2D eigenvalue weighted by molar-refractivity contribution is 5.92. The van der Waals surface area contributed by atoms with Gasteiger partial charge in [-0.2, -0.15) is 0 Å². The number of benzene rings is 2. The lowest BCUT2D eigenvalue weighted by Gasteiger charge is -2.09. The molecule has 3 aromatic rings. The molecule has 0 fully saturated rings. The Morgan fingerprint density at radius 1 is 0.857 bits per heavy atom. The molecule has 2 amide bonds. The van der Waals surface area contributed by atoms with Gasteiger partial charge >= 0.3 is 0 Å². The van der Waals surface area contributed by atoms with Gasteiger partial charge in [0.05, 0.1) is 11.9 Å². The van der Waals surface area contributed by atoms with Gasteiger partial charge in [-0.05, 0) is 48.4 Å². The summed E-state index contributed by atoms with van der Waals surface area (Å²) < 4.78 is 0. The van der Waals surface area contributed by atoms with E-state index in [2.05, 4.69) is 20.9 Å². The lowest BCUT2D eigenvalue weighted by atomic mass is 10.1. The van der Waals surface area contributed by atoms with Crippen LogP contribution in [-0.4, -0.2) is 23.3 Å². The highest BCUT2D eigenvalue weighted by atomic mass is 16.2. The van der Waals surface area contributed by atoms with Crippen molar-refractivity contribution in [1.29, 1.82) is 0 Å². The fourth-order valence-electron chi connectivity index (χ4n) is 2.66. The molecule has 0 bridgehead atoms. The second-order valence-electron chi connectivity index (χ2n) is 6.31. The molecule has 1 aromatic heterocycles. The van der Waals surface area contributed by atoms with Crippen LogP contribution in [0, 0.1) is 0 Å². The van der Waals surface area contributed by atoms with Crippen LogP contribution in [0.5, 0.6) is 0 Å². The Labute approximate surface area is 164 Å². The maximum Gasteiger partial charge on any atom is 0.269 e. The van der Waals surface area contributed by atoms with E-state index in [1.807, 2.05) is 54.6 Å². The molecule has 0 aliphatic heterocycles. The summed E-state index contributed by atoms with van der Waals surface area (Å²) in [7, 11) is 0. The maximum absolute atomic E-state index is 12.2. The maximum atomic E-state index is 12.2. The lowest BCUT2D eigenvalue weighted by Crippen LogP contribution is -2.26. The number of hydrogen-bond donors (Lipinski definition) is 3. The zero-order chi connectivity index (χ0) is 19.8. The topological polar surface area (TPSA) is 83.1 Å². The first-order valence-corrected chi connectivity index (χ1v) is 9.03. The van der Waals surface area contributed by atoms with E-state index in [1.165, 1.54) is 12.5 Å². The van der Waals surface area contributed by atoms with Crippen molar-refractivity contribution in [3.63, 3.8) is 0 Å². The fourth-order valence-corrected chi connectivity index (χ4v) is 2.66. The molecule has 0 aliphatic carbocycles. The normalized spacial score (nSPS) is 10.2. The Morgan fingerprint density at radius 3 is 2.18 bits per heavy atom. The van der Waals surface area contributed by atoms with Crippen molar-refractivity contribution in [2.24, 2.45) is 0 Å². The molecule has 1 heterocycles. The third-order valence-electron chi connectivity index (χ3n) is 4.03. The quantitative estimate of drug-likeness (QED) is 0.588. The molecule has 2 aromatic carbocycles. The van der Waals surface area contributed by atoms with E-state index in [4.69, 9.17) is 0 Å². The second-order valence-corrected chi connectivity index (χ2v) is 6.31. The van der Waals surface area contributed by atoms with Gasteiger partial charge in [0.1, 0.15) is 5.69 Å². The van der Waals surface area contributed by atoms with E-state index in [9.17, 15) is 9.59 Å². The van der Waals surface area contributed by atoms with Gasteiger partial charge in [0.2, 0.25) is 5.91 Å². The summed E-state index contributed by atoms with van der Waals surface area (Å²) in [5.41, 5.74) is 3.92. The van der Waals surface area contributed by atoms with Gasteiger partial charge in [0.15, 0.2) is 0 Å². The summed E-state index contributed by atoms with van der Waals surface area (Å²) in [5.74, 6) is -0.301. The average molecular weight is 374 g/mol. The molecule has 0 radical (unpaired) electrons. The summed E-state index contributed by atoms with van der Waals surface area (Å²) in [4.78, 5) is 27.5. The predicted molar refractivity (Wildman–Crippen MR) is 111 cm³/mol. The number of nitrogens with zero attached hydrogens (tertiary/aromatic N) is 1. The third kappa shape index (κ3) is 5.67. The van der Waals surface area contributed by atoms with E-state index in [-0.39, 0.29) is 11.8 Å². The van der Waals surface area contributed by atoms with Gasteiger partial charge in [-0.25, -0.2) is 4.98 Å². The number of amides is 2. The van der Waals surface area contributed by atoms with E-state index < -0.39 is 0 Å². The van der Waals surface area contributed by atoms with Crippen LogP contribution >= 0.6 is 0 Å². The van der Waals surface area contributed by atoms with Crippen LogP contribution in [-0.2, 0) is 11.2 Å². The summed E-state index contributed by atoms with van der Waals surface area (Å²) in [6.07, 6.45) is 2.40. The molecule has 0 spiro atoms. The van der Waals surface area contributed by atoms with E-state index in [0.717, 1.165) is 23.5 Å². The van der Waals surface area contributed by atoms with Crippen molar-refractivity contribution in [3.05, 3.63) is 84.2 Å². The van der Waals surface area contributed by atoms with Crippen molar-refractivity contribution in [2.75, 3.05) is 17.2 Å². The van der Waals surface area contributed by atoms with Crippen LogP contribution in [0.15, 0.2) is 72.9 Å². The van der Waals surface area contributed by atoms with E-state index in [1.54, 1.807) is 18.3 Å². The third-order valence-corrected chi connectivity index (χ3v) is 4.03. The van der Waals surface area contributed by atoms with E-state index in [0.29, 0.717) is 12.2 Å². The van der Waals surface area contributed by atoms with Gasteiger partial charge < -0.3 is 16.0 Å². The number of hydrogen-bond acceptors (Lipinski definition) is 4. The smallest absolute Gasteiger partial charge is 0.269 e. The zero-order valence-electron chi connectivity index (χ0n) is 15.6. The molecule has 142 valence electrons. The monoisotopic (exact) mass is 374 g/mol. The van der Waals surface area contributed by atoms with Gasteiger partial charge in [0.25, 0.3) is 5.91 Å². The van der Waals surface area contributed by atoms with Crippen molar-refractivity contribution < 1.29 is 9.59 Å². The van der Waals surface area contributed by atoms with Gasteiger partial charge in [-0.15, -0.1) is 0 Å². The van der Waals surface area contributed by atoms with Crippen molar-refractivity contribution in [3.8, 4) is 0 Å². The van der Waals surface area contributed by atoms with E-state index >= 15 is 0 Å². The summed E-state index contributed by atoms with van der Waals surface area (Å²) in [6.45, 7) is 2.03. The van der Waals surface area contributed by atoms with Crippen LogP contribution in [0.3, 0.4) is 0 Å². The Morgan fingerprint density at radius 2 is 1.54 bits per heavy atom. The van der Waals surface area contributed by atoms with Crippen LogP contribution in [0.2, 0.25) is 0 Å². The predicted octanol–water partition coefficient (Wildman–Crippen LogP) is 3.76. The number of rotatable bonds is 7. The fraction of sp³-hybridized carbons (Fsp3) is 0.136. The molecular weight excluding hydrogens is 352 g/mol. The first-order valence-electron chi connectivity index (χ1n) is 9.03. The molecule has 0 aliphatic rings. The molecule has 28 heavy (non-hydrogen) atoms.